The Morgan fingerprint density at radius 1 is 0.917 bits per heavy atom. The molecule has 2 heterocycles. The monoisotopic (exact) mass is 170 g/mol. The van der Waals surface area contributed by atoms with Crippen LogP contribution in [0.3, 0.4) is 0 Å². The predicted molar refractivity (Wildman–Crippen MR) is 34.3 cm³/mol. The van der Waals surface area contributed by atoms with Crippen molar-refractivity contribution in [1.29, 1.82) is 0 Å². The van der Waals surface area contributed by atoms with Gasteiger partial charge in [0.1, 0.15) is 0 Å². The average molecular weight is 170 g/mol. The first-order valence-corrected chi connectivity index (χ1v) is 3.16. The summed E-state index contributed by atoms with van der Waals surface area (Å²) in [5.74, 6) is 0. The van der Waals surface area contributed by atoms with E-state index in [1.165, 1.54) is 10.2 Å². The lowest BCUT2D eigenvalue weighted by molar-refractivity contribution is 0.158. The first-order chi connectivity index (χ1) is 5.95. The Morgan fingerprint density at radius 2 is 1.42 bits per heavy atom. The maximum absolute atomic E-state index is 3.71. The molecule has 0 spiro atoms. The number of hydrogen-bond donors (Lipinski definition) is 2. The molecule has 2 aliphatic heterocycles. The summed E-state index contributed by atoms with van der Waals surface area (Å²) >= 11 is 0. The molecule has 10 heteroatoms. The van der Waals surface area contributed by atoms with Gasteiger partial charge in [-0.05, 0) is 10.4 Å². The fourth-order valence-electron chi connectivity index (χ4n) is 0.606. The smallest absolute Gasteiger partial charge is 0.174 e. The van der Waals surface area contributed by atoms with Gasteiger partial charge in [-0.2, -0.15) is 11.1 Å². The van der Waals surface area contributed by atoms with Gasteiger partial charge in [0.05, 0.1) is 0 Å². The van der Waals surface area contributed by atoms with Crippen molar-refractivity contribution in [1.82, 2.24) is 21.3 Å². The summed E-state index contributed by atoms with van der Waals surface area (Å²) in [6, 6.07) is 0. The number of hydrogen-bond acceptors (Lipinski definition) is 8. The fraction of sp³-hybridized carbons (Fsp3) is 1.00. The molecule has 0 radical (unpaired) electrons. The molecule has 2 aliphatic rings. The topological polar surface area (TPSA) is 105 Å². The van der Waals surface area contributed by atoms with Crippen LogP contribution >= 0.6 is 0 Å². The van der Waals surface area contributed by atoms with Crippen LogP contribution in [0.1, 0.15) is 0 Å². The van der Waals surface area contributed by atoms with Gasteiger partial charge >= 0.3 is 0 Å². The van der Waals surface area contributed by atoms with Crippen LogP contribution in [0.4, 0.5) is 0 Å². The van der Waals surface area contributed by atoms with Crippen molar-refractivity contribution in [3.8, 4) is 0 Å². The Balaban J connectivity index is 1.77. The molecule has 0 bridgehead atoms. The minimum Gasteiger partial charge on any atom is -0.180 e. The second-order valence-electron chi connectivity index (χ2n) is 1.94. The van der Waals surface area contributed by atoms with E-state index in [-0.39, 0.29) is 0 Å². The van der Waals surface area contributed by atoms with Gasteiger partial charge in [-0.3, -0.25) is 0 Å². The molecule has 0 amide bonds. The quantitative estimate of drug-likeness (QED) is 0.548. The largest absolute Gasteiger partial charge is 0.180 e. The molecule has 0 atom stereocenters. The Kier molecular flexibility index (Phi) is 1.64. The second kappa shape index (κ2) is 2.94. The Hall–Kier alpha value is -2.00. The summed E-state index contributed by atoms with van der Waals surface area (Å²) in [5, 5.41) is 24.3. The molecule has 0 saturated heterocycles. The van der Waals surface area contributed by atoms with Gasteiger partial charge in [0, 0.05) is 0 Å². The van der Waals surface area contributed by atoms with Gasteiger partial charge < -0.3 is 0 Å². The predicted octanol–water partition coefficient (Wildman–Crippen LogP) is -0.442. The van der Waals surface area contributed by atoms with Crippen molar-refractivity contribution in [2.24, 2.45) is 31.1 Å². The van der Waals surface area contributed by atoms with Crippen LogP contribution in [0, 0.1) is 0 Å². The highest BCUT2D eigenvalue weighted by atomic mass is 16.0. The Morgan fingerprint density at radius 3 is 1.75 bits per heavy atom. The molecule has 2 rings (SSSR count). The summed E-state index contributed by atoms with van der Waals surface area (Å²) in [7, 11) is 0. The Labute approximate surface area is 66.9 Å². The summed E-state index contributed by atoms with van der Waals surface area (Å²) in [6.45, 7) is 0.706. The molecular formula is C2H6N10. The van der Waals surface area contributed by atoms with Gasteiger partial charge in [-0.15, -0.1) is 20.5 Å². The molecule has 64 valence electrons. The van der Waals surface area contributed by atoms with Crippen molar-refractivity contribution in [2.75, 3.05) is 13.3 Å². The third-order valence-electron chi connectivity index (χ3n) is 1.11. The molecule has 0 fully saturated rings. The zero-order valence-corrected chi connectivity index (χ0v) is 5.99. The molecule has 0 aromatic heterocycles. The van der Waals surface area contributed by atoms with Gasteiger partial charge in [-0.1, -0.05) is 10.4 Å². The van der Waals surface area contributed by atoms with Crippen LogP contribution in [0.2, 0.25) is 0 Å². The molecule has 0 saturated carbocycles. The number of hydrazine groups is 2. The van der Waals surface area contributed by atoms with Gasteiger partial charge in [-0.25, -0.2) is 0 Å². The van der Waals surface area contributed by atoms with Crippen LogP contribution in [0.15, 0.2) is 31.1 Å². The van der Waals surface area contributed by atoms with E-state index < -0.39 is 0 Å². The fourth-order valence-corrected chi connectivity index (χ4v) is 0.606. The van der Waals surface area contributed by atoms with Gasteiger partial charge in [0.25, 0.3) is 0 Å². The van der Waals surface area contributed by atoms with Gasteiger partial charge in [0.15, 0.2) is 13.3 Å². The van der Waals surface area contributed by atoms with Crippen molar-refractivity contribution in [3.05, 3.63) is 0 Å². The Bertz CT molecular complexity index is 188. The molecule has 0 unspecified atom stereocenters. The standard InChI is InChI=1S/C2H6N10/c1-3-5-7-11(1)9-10-12-2-4-6-8-12/h1-2H2,(H,3,7)(H,4,8)/b10-9+. The molecular weight excluding hydrogens is 164 g/mol. The third kappa shape index (κ3) is 1.36. The lowest BCUT2D eigenvalue weighted by Crippen LogP contribution is -2.27. The number of rotatable bonds is 2. The van der Waals surface area contributed by atoms with Crippen molar-refractivity contribution < 1.29 is 0 Å². The van der Waals surface area contributed by atoms with E-state index in [1.54, 1.807) is 0 Å². The van der Waals surface area contributed by atoms with E-state index in [0.717, 1.165) is 0 Å². The molecule has 0 aromatic carbocycles. The molecule has 10 nitrogen and oxygen atoms in total. The number of nitrogens with zero attached hydrogens (tertiary/aromatic N) is 8. The van der Waals surface area contributed by atoms with E-state index in [0.29, 0.717) is 13.3 Å². The zero-order valence-electron chi connectivity index (χ0n) is 5.99. The summed E-state index contributed by atoms with van der Waals surface area (Å²) in [6.07, 6.45) is 0. The van der Waals surface area contributed by atoms with Gasteiger partial charge in [0.2, 0.25) is 0 Å². The van der Waals surface area contributed by atoms with Crippen LogP contribution in [0.25, 0.3) is 0 Å². The summed E-state index contributed by atoms with van der Waals surface area (Å²) < 4.78 is 0. The van der Waals surface area contributed by atoms with Crippen LogP contribution in [-0.4, -0.2) is 23.6 Å². The van der Waals surface area contributed by atoms with Crippen LogP contribution in [-0.2, 0) is 0 Å². The molecule has 12 heavy (non-hydrogen) atoms. The highest BCUT2D eigenvalue weighted by molar-refractivity contribution is 4.42. The minimum absolute atomic E-state index is 0.353. The lowest BCUT2D eigenvalue weighted by Gasteiger charge is -2.08. The zero-order chi connectivity index (χ0) is 8.23. The van der Waals surface area contributed by atoms with Crippen LogP contribution in [0.5, 0.6) is 0 Å². The van der Waals surface area contributed by atoms with E-state index in [1.807, 2.05) is 0 Å². The highest BCUT2D eigenvalue weighted by Gasteiger charge is 2.07. The van der Waals surface area contributed by atoms with Crippen molar-refractivity contribution >= 4 is 0 Å². The van der Waals surface area contributed by atoms with E-state index >= 15 is 0 Å². The molecule has 0 aliphatic carbocycles. The second-order valence-corrected chi connectivity index (χ2v) is 1.94. The maximum Gasteiger partial charge on any atom is 0.174 e. The van der Waals surface area contributed by atoms with E-state index in [2.05, 4.69) is 42.2 Å². The average Bonchev–Trinajstić information content (AvgIpc) is 2.74. The molecule has 0 aromatic rings. The SMILES string of the molecule is C1N=NNN1/N=N/N1CN=NN1. The highest BCUT2D eigenvalue weighted by Crippen LogP contribution is 1.98. The normalized spacial score (nSPS) is 20.7. The summed E-state index contributed by atoms with van der Waals surface area (Å²) in [5.41, 5.74) is 4.99. The van der Waals surface area contributed by atoms with Crippen molar-refractivity contribution in [2.45, 2.75) is 0 Å². The first kappa shape index (κ1) is 6.69. The third-order valence-corrected chi connectivity index (χ3v) is 1.11. The first-order valence-electron chi connectivity index (χ1n) is 3.16. The van der Waals surface area contributed by atoms with E-state index in [9.17, 15) is 0 Å². The number of nitrogens with one attached hydrogen (secondary N) is 2. The maximum atomic E-state index is 3.71. The lowest BCUT2D eigenvalue weighted by atomic mass is 11.2. The molecule has 2 N–H and O–H groups in total. The minimum atomic E-state index is 0.353. The van der Waals surface area contributed by atoms with E-state index in [4.69, 9.17) is 0 Å². The van der Waals surface area contributed by atoms with Crippen LogP contribution < -0.4 is 11.1 Å². The van der Waals surface area contributed by atoms with Crippen molar-refractivity contribution in [3.63, 3.8) is 0 Å². The summed E-state index contributed by atoms with van der Waals surface area (Å²) in [4.78, 5) is 0.